The van der Waals surface area contributed by atoms with Gasteiger partial charge in [0.05, 0.1) is 11.6 Å². The lowest BCUT2D eigenvalue weighted by Crippen LogP contribution is -2.26. The Bertz CT molecular complexity index is 526. The molecule has 0 amide bonds. The summed E-state index contributed by atoms with van der Waals surface area (Å²) in [7, 11) is 0. The molecule has 2 heterocycles. The third-order valence-corrected chi connectivity index (χ3v) is 3.15. The first kappa shape index (κ1) is 13.8. The first-order chi connectivity index (χ1) is 9.19. The van der Waals surface area contributed by atoms with Gasteiger partial charge in [-0.25, -0.2) is 14.6 Å². The molecule has 0 unspecified atom stereocenters. The van der Waals surface area contributed by atoms with E-state index in [9.17, 15) is 0 Å². The number of anilines is 1. The number of hydrogen-bond acceptors (Lipinski definition) is 4. The van der Waals surface area contributed by atoms with E-state index in [0.717, 1.165) is 42.8 Å². The highest BCUT2D eigenvalue weighted by atomic mass is 15.3. The molecular formula is C14H23N5. The van der Waals surface area contributed by atoms with Crippen LogP contribution in [-0.2, 0) is 0 Å². The Morgan fingerprint density at radius 3 is 2.42 bits per heavy atom. The molecule has 0 atom stereocenters. The van der Waals surface area contributed by atoms with Gasteiger partial charge in [0, 0.05) is 19.1 Å². The summed E-state index contributed by atoms with van der Waals surface area (Å²) in [6.45, 7) is 10.7. The summed E-state index contributed by atoms with van der Waals surface area (Å²) in [6, 6.07) is 0.311. The number of aromatic nitrogens is 4. The van der Waals surface area contributed by atoms with Crippen molar-refractivity contribution in [2.75, 3.05) is 18.0 Å². The van der Waals surface area contributed by atoms with Gasteiger partial charge in [0.2, 0.25) is 0 Å². The van der Waals surface area contributed by atoms with Crippen LogP contribution in [0.5, 0.6) is 0 Å². The van der Waals surface area contributed by atoms with Gasteiger partial charge in [-0.15, -0.1) is 0 Å². The molecule has 2 aromatic heterocycles. The van der Waals surface area contributed by atoms with Gasteiger partial charge >= 0.3 is 0 Å². The first-order valence-electron chi connectivity index (χ1n) is 7.12. The second kappa shape index (κ2) is 5.99. The highest BCUT2D eigenvalue weighted by Gasteiger charge is 2.15. The van der Waals surface area contributed by atoms with Crippen LogP contribution in [0.15, 0.2) is 12.5 Å². The Hall–Kier alpha value is -1.65. The van der Waals surface area contributed by atoms with Crippen molar-refractivity contribution in [2.45, 2.75) is 46.6 Å². The molecule has 5 nitrogen and oxygen atoms in total. The Morgan fingerprint density at radius 1 is 1.16 bits per heavy atom. The van der Waals surface area contributed by atoms with Crippen molar-refractivity contribution in [3.05, 3.63) is 12.5 Å². The molecule has 0 aromatic carbocycles. The monoisotopic (exact) mass is 261 g/mol. The summed E-state index contributed by atoms with van der Waals surface area (Å²) in [5.41, 5.74) is 0.928. The molecule has 0 spiro atoms. The topological polar surface area (TPSA) is 46.8 Å². The molecule has 2 aromatic rings. The minimum absolute atomic E-state index is 0.311. The SMILES string of the molecule is CCCN(CCC)c1ncnc2c1cnn2C(C)C. The quantitative estimate of drug-likeness (QED) is 0.802. The third-order valence-electron chi connectivity index (χ3n) is 3.15. The Morgan fingerprint density at radius 2 is 1.84 bits per heavy atom. The van der Waals surface area contributed by atoms with Crippen LogP contribution in [-0.4, -0.2) is 32.8 Å². The standard InChI is InChI=1S/C14H23N5/c1-5-7-18(8-6-2)13-12-9-17-19(11(3)4)14(12)16-10-15-13/h9-11H,5-8H2,1-4H3. The zero-order valence-electron chi connectivity index (χ0n) is 12.3. The Balaban J connectivity index is 2.48. The maximum absolute atomic E-state index is 4.48. The zero-order chi connectivity index (χ0) is 13.8. The first-order valence-corrected chi connectivity index (χ1v) is 7.12. The molecule has 0 bridgehead atoms. The van der Waals surface area contributed by atoms with Crippen LogP contribution in [0.25, 0.3) is 11.0 Å². The van der Waals surface area contributed by atoms with Crippen LogP contribution in [0, 0.1) is 0 Å². The molecule has 0 aliphatic heterocycles. The molecular weight excluding hydrogens is 238 g/mol. The molecule has 0 aliphatic carbocycles. The number of hydrogen-bond donors (Lipinski definition) is 0. The van der Waals surface area contributed by atoms with Gasteiger partial charge in [-0.1, -0.05) is 13.8 Å². The van der Waals surface area contributed by atoms with Gasteiger partial charge in [-0.2, -0.15) is 5.10 Å². The molecule has 19 heavy (non-hydrogen) atoms. The van der Waals surface area contributed by atoms with Crippen LogP contribution in [0.3, 0.4) is 0 Å². The van der Waals surface area contributed by atoms with E-state index in [4.69, 9.17) is 0 Å². The summed E-state index contributed by atoms with van der Waals surface area (Å²) in [6.07, 6.45) is 5.77. The predicted octanol–water partition coefficient (Wildman–Crippen LogP) is 3.03. The lowest BCUT2D eigenvalue weighted by molar-refractivity contribution is 0.546. The normalized spacial score (nSPS) is 11.4. The lowest BCUT2D eigenvalue weighted by Gasteiger charge is -2.22. The van der Waals surface area contributed by atoms with E-state index < -0.39 is 0 Å². The van der Waals surface area contributed by atoms with Crippen molar-refractivity contribution in [1.29, 1.82) is 0 Å². The summed E-state index contributed by atoms with van der Waals surface area (Å²) < 4.78 is 1.95. The summed E-state index contributed by atoms with van der Waals surface area (Å²) in [5.74, 6) is 1.01. The predicted molar refractivity (Wildman–Crippen MR) is 78.5 cm³/mol. The average Bonchev–Trinajstić information content (AvgIpc) is 2.82. The third kappa shape index (κ3) is 2.69. The van der Waals surface area contributed by atoms with Gasteiger partial charge in [-0.3, -0.25) is 0 Å². The van der Waals surface area contributed by atoms with E-state index >= 15 is 0 Å². The van der Waals surface area contributed by atoms with E-state index in [1.54, 1.807) is 6.33 Å². The fourth-order valence-electron chi connectivity index (χ4n) is 2.34. The lowest BCUT2D eigenvalue weighted by atomic mass is 10.3. The van der Waals surface area contributed by atoms with E-state index in [2.05, 4.69) is 47.7 Å². The molecule has 0 radical (unpaired) electrons. The van der Waals surface area contributed by atoms with E-state index in [1.807, 2.05) is 10.9 Å². The molecule has 0 saturated carbocycles. The molecule has 104 valence electrons. The van der Waals surface area contributed by atoms with Crippen LogP contribution < -0.4 is 4.90 Å². The maximum Gasteiger partial charge on any atom is 0.163 e. The Kier molecular flexibility index (Phi) is 4.35. The highest BCUT2D eigenvalue weighted by Crippen LogP contribution is 2.24. The van der Waals surface area contributed by atoms with Crippen LogP contribution in [0.1, 0.15) is 46.6 Å². The van der Waals surface area contributed by atoms with Crippen molar-refractivity contribution in [3.8, 4) is 0 Å². The van der Waals surface area contributed by atoms with Crippen molar-refractivity contribution in [2.24, 2.45) is 0 Å². The second-order valence-electron chi connectivity index (χ2n) is 5.10. The molecule has 5 heteroatoms. The van der Waals surface area contributed by atoms with E-state index in [1.165, 1.54) is 0 Å². The van der Waals surface area contributed by atoms with Gasteiger partial charge in [0.1, 0.15) is 12.1 Å². The molecule has 2 rings (SSSR count). The van der Waals surface area contributed by atoms with Crippen molar-refractivity contribution >= 4 is 16.9 Å². The van der Waals surface area contributed by atoms with Gasteiger partial charge in [0.25, 0.3) is 0 Å². The summed E-state index contributed by atoms with van der Waals surface area (Å²) in [5, 5.41) is 5.50. The minimum Gasteiger partial charge on any atom is -0.356 e. The molecule has 0 saturated heterocycles. The van der Waals surface area contributed by atoms with Gasteiger partial charge in [0.15, 0.2) is 5.65 Å². The van der Waals surface area contributed by atoms with Gasteiger partial charge in [-0.05, 0) is 26.7 Å². The fraction of sp³-hybridized carbons (Fsp3) is 0.643. The average molecular weight is 261 g/mol. The largest absolute Gasteiger partial charge is 0.356 e. The summed E-state index contributed by atoms with van der Waals surface area (Å²) >= 11 is 0. The summed E-state index contributed by atoms with van der Waals surface area (Å²) in [4.78, 5) is 11.2. The van der Waals surface area contributed by atoms with Crippen LogP contribution in [0.2, 0.25) is 0 Å². The van der Waals surface area contributed by atoms with Crippen molar-refractivity contribution in [1.82, 2.24) is 19.7 Å². The maximum atomic E-state index is 4.48. The number of rotatable bonds is 6. The number of fused-ring (bicyclic) bond motifs is 1. The Labute approximate surface area is 114 Å². The van der Waals surface area contributed by atoms with E-state index in [-0.39, 0.29) is 0 Å². The van der Waals surface area contributed by atoms with Crippen molar-refractivity contribution in [3.63, 3.8) is 0 Å². The van der Waals surface area contributed by atoms with Gasteiger partial charge < -0.3 is 4.90 Å². The molecule has 0 N–H and O–H groups in total. The van der Waals surface area contributed by atoms with Crippen LogP contribution in [0.4, 0.5) is 5.82 Å². The van der Waals surface area contributed by atoms with Crippen LogP contribution >= 0.6 is 0 Å². The van der Waals surface area contributed by atoms with Crippen molar-refractivity contribution < 1.29 is 0 Å². The fourth-order valence-corrected chi connectivity index (χ4v) is 2.34. The second-order valence-corrected chi connectivity index (χ2v) is 5.10. The molecule has 0 fully saturated rings. The number of nitrogens with zero attached hydrogens (tertiary/aromatic N) is 5. The smallest absolute Gasteiger partial charge is 0.163 e. The molecule has 0 aliphatic rings. The van der Waals surface area contributed by atoms with E-state index in [0.29, 0.717) is 6.04 Å². The zero-order valence-corrected chi connectivity index (χ0v) is 12.3. The highest BCUT2D eigenvalue weighted by molar-refractivity contribution is 5.86. The minimum atomic E-state index is 0.311.